The van der Waals surface area contributed by atoms with Gasteiger partial charge in [0.1, 0.15) is 18.8 Å². The Hall–Kier alpha value is -3.33. The van der Waals surface area contributed by atoms with E-state index in [0.29, 0.717) is 18.2 Å². The Labute approximate surface area is 188 Å². The van der Waals surface area contributed by atoms with Gasteiger partial charge in [-0.15, -0.1) is 0 Å². The Morgan fingerprint density at radius 1 is 1.09 bits per heavy atom. The van der Waals surface area contributed by atoms with Crippen LogP contribution < -0.4 is 5.73 Å². The fourth-order valence-corrected chi connectivity index (χ4v) is 2.78. The first-order valence-electron chi connectivity index (χ1n) is 10.3. The molecular formula is C23H31N3O6. The van der Waals surface area contributed by atoms with Gasteiger partial charge in [0.05, 0.1) is 18.0 Å². The van der Waals surface area contributed by atoms with Crippen LogP contribution in [0.5, 0.6) is 0 Å². The molecule has 0 aliphatic carbocycles. The van der Waals surface area contributed by atoms with Crippen LogP contribution in [0.1, 0.15) is 38.4 Å². The SMILES string of the molecule is CC(C)C[C@@H](C)C(=O)OCc1ccccc1.COC(=O)[C@@H](N)Cc1ccc([N+](=O)[O-])cn1. The summed E-state index contributed by atoms with van der Waals surface area (Å²) in [6.45, 7) is 6.53. The molecule has 0 radical (unpaired) electrons. The number of methoxy groups -OCH3 is 1. The molecular weight excluding hydrogens is 414 g/mol. The zero-order valence-electron chi connectivity index (χ0n) is 18.9. The van der Waals surface area contributed by atoms with Gasteiger partial charge in [0, 0.05) is 18.2 Å². The lowest BCUT2D eigenvalue weighted by atomic mass is 9.99. The molecule has 0 saturated carbocycles. The molecule has 1 heterocycles. The van der Waals surface area contributed by atoms with Crippen LogP contribution in [-0.4, -0.2) is 35.0 Å². The summed E-state index contributed by atoms with van der Waals surface area (Å²) in [6, 6.07) is 11.7. The quantitative estimate of drug-likeness (QED) is 0.352. The van der Waals surface area contributed by atoms with E-state index in [-0.39, 0.29) is 24.0 Å². The molecule has 0 aliphatic rings. The number of hydrogen-bond donors (Lipinski definition) is 1. The minimum atomic E-state index is -0.807. The van der Waals surface area contributed by atoms with E-state index in [1.54, 1.807) is 0 Å². The first-order chi connectivity index (χ1) is 15.1. The Balaban J connectivity index is 0.000000320. The highest BCUT2D eigenvalue weighted by Gasteiger charge is 2.16. The van der Waals surface area contributed by atoms with Gasteiger partial charge in [-0.1, -0.05) is 51.1 Å². The van der Waals surface area contributed by atoms with E-state index >= 15 is 0 Å². The molecule has 0 saturated heterocycles. The zero-order valence-corrected chi connectivity index (χ0v) is 18.9. The third-order valence-corrected chi connectivity index (χ3v) is 4.40. The minimum Gasteiger partial charge on any atom is -0.468 e. The number of carbonyl (C=O) groups is 2. The molecule has 2 rings (SSSR count). The lowest BCUT2D eigenvalue weighted by molar-refractivity contribution is -0.385. The Morgan fingerprint density at radius 2 is 1.75 bits per heavy atom. The Kier molecular flexibility index (Phi) is 11.6. The van der Waals surface area contributed by atoms with Crippen molar-refractivity contribution in [3.63, 3.8) is 0 Å². The molecule has 1 aromatic carbocycles. The highest BCUT2D eigenvalue weighted by molar-refractivity contribution is 5.75. The van der Waals surface area contributed by atoms with Crippen LogP contribution in [0.2, 0.25) is 0 Å². The molecule has 0 unspecified atom stereocenters. The monoisotopic (exact) mass is 445 g/mol. The smallest absolute Gasteiger partial charge is 0.323 e. The van der Waals surface area contributed by atoms with E-state index in [4.69, 9.17) is 10.5 Å². The number of benzene rings is 1. The van der Waals surface area contributed by atoms with Crippen LogP contribution in [0.15, 0.2) is 48.7 Å². The maximum absolute atomic E-state index is 11.6. The number of nitro groups is 1. The van der Waals surface area contributed by atoms with Gasteiger partial charge in [0.15, 0.2) is 0 Å². The number of carbonyl (C=O) groups excluding carboxylic acids is 2. The van der Waals surface area contributed by atoms with Crippen LogP contribution in [0, 0.1) is 22.0 Å². The van der Waals surface area contributed by atoms with Gasteiger partial charge in [-0.2, -0.15) is 0 Å². The molecule has 9 heteroatoms. The summed E-state index contributed by atoms with van der Waals surface area (Å²) in [5.41, 5.74) is 6.95. The fourth-order valence-electron chi connectivity index (χ4n) is 2.78. The van der Waals surface area contributed by atoms with Crippen molar-refractivity contribution in [2.75, 3.05) is 7.11 Å². The van der Waals surface area contributed by atoms with E-state index in [1.165, 1.54) is 19.2 Å². The standard InChI is InChI=1S/C14H20O2.C9H11N3O4/c1-11(2)9-12(3)14(15)16-10-13-7-5-4-6-8-13;1-16-9(13)8(10)4-6-2-3-7(5-11-6)12(14)15/h4-8,11-12H,9-10H2,1-3H3;2-3,5,8H,4,10H2,1H3/t12-;8-/m10/s1. The van der Waals surface area contributed by atoms with Gasteiger partial charge in [-0.3, -0.25) is 24.7 Å². The maximum Gasteiger partial charge on any atom is 0.323 e. The molecule has 0 amide bonds. The first kappa shape index (κ1) is 26.7. The summed E-state index contributed by atoms with van der Waals surface area (Å²) in [4.78, 5) is 36.3. The Bertz CT molecular complexity index is 856. The molecule has 2 atom stereocenters. The van der Waals surface area contributed by atoms with E-state index in [2.05, 4.69) is 23.6 Å². The van der Waals surface area contributed by atoms with Crippen LogP contribution in [0.3, 0.4) is 0 Å². The maximum atomic E-state index is 11.6. The molecule has 2 aromatic rings. The average Bonchev–Trinajstić information content (AvgIpc) is 2.77. The Morgan fingerprint density at radius 3 is 2.25 bits per heavy atom. The topological polar surface area (TPSA) is 135 Å². The second-order valence-electron chi connectivity index (χ2n) is 7.72. The van der Waals surface area contributed by atoms with Crippen molar-refractivity contribution in [3.05, 3.63) is 70.0 Å². The third kappa shape index (κ3) is 10.1. The number of nitrogens with two attached hydrogens (primary N) is 1. The lowest BCUT2D eigenvalue weighted by Gasteiger charge is -2.13. The number of ether oxygens (including phenoxy) is 2. The molecule has 0 spiro atoms. The zero-order chi connectivity index (χ0) is 24.1. The van der Waals surface area contributed by atoms with Crippen molar-refractivity contribution in [2.24, 2.45) is 17.6 Å². The van der Waals surface area contributed by atoms with Crippen molar-refractivity contribution in [1.82, 2.24) is 4.98 Å². The second kappa shape index (κ2) is 13.9. The summed E-state index contributed by atoms with van der Waals surface area (Å²) >= 11 is 0. The number of nitrogens with zero attached hydrogens (tertiary/aromatic N) is 2. The van der Waals surface area contributed by atoms with Crippen LogP contribution >= 0.6 is 0 Å². The predicted octanol–water partition coefficient (Wildman–Crippen LogP) is 3.44. The van der Waals surface area contributed by atoms with Crippen molar-refractivity contribution < 1.29 is 24.0 Å². The number of pyridine rings is 1. The highest BCUT2D eigenvalue weighted by Crippen LogP contribution is 2.13. The average molecular weight is 446 g/mol. The second-order valence-corrected chi connectivity index (χ2v) is 7.72. The number of aromatic nitrogens is 1. The van der Waals surface area contributed by atoms with E-state index < -0.39 is 16.9 Å². The predicted molar refractivity (Wildman–Crippen MR) is 119 cm³/mol. The normalized spacial score (nSPS) is 12.2. The molecule has 2 N–H and O–H groups in total. The summed E-state index contributed by atoms with van der Waals surface area (Å²) < 4.78 is 9.70. The fraction of sp³-hybridized carbons (Fsp3) is 0.435. The molecule has 0 aliphatic heterocycles. The van der Waals surface area contributed by atoms with Crippen molar-refractivity contribution in [1.29, 1.82) is 0 Å². The molecule has 174 valence electrons. The molecule has 1 aromatic heterocycles. The van der Waals surface area contributed by atoms with Crippen LogP contribution in [0.4, 0.5) is 5.69 Å². The highest BCUT2D eigenvalue weighted by atomic mass is 16.6. The van der Waals surface area contributed by atoms with Crippen molar-refractivity contribution in [3.8, 4) is 0 Å². The molecule has 9 nitrogen and oxygen atoms in total. The summed E-state index contributed by atoms with van der Waals surface area (Å²) in [7, 11) is 1.24. The van der Waals surface area contributed by atoms with Crippen LogP contribution in [-0.2, 0) is 32.1 Å². The largest absolute Gasteiger partial charge is 0.468 e. The van der Waals surface area contributed by atoms with Crippen LogP contribution in [0.25, 0.3) is 0 Å². The summed E-state index contributed by atoms with van der Waals surface area (Å²) in [5.74, 6) is -0.124. The van der Waals surface area contributed by atoms with Gasteiger partial charge < -0.3 is 15.2 Å². The van der Waals surface area contributed by atoms with E-state index in [1.807, 2.05) is 37.3 Å². The van der Waals surface area contributed by atoms with Crippen molar-refractivity contribution in [2.45, 2.75) is 46.3 Å². The first-order valence-corrected chi connectivity index (χ1v) is 10.3. The number of hydrogen-bond acceptors (Lipinski definition) is 8. The minimum absolute atomic E-state index is 0.0105. The van der Waals surface area contributed by atoms with Gasteiger partial charge in [-0.25, -0.2) is 0 Å². The number of rotatable bonds is 9. The van der Waals surface area contributed by atoms with E-state index in [0.717, 1.165) is 18.2 Å². The molecule has 0 bridgehead atoms. The molecule has 32 heavy (non-hydrogen) atoms. The van der Waals surface area contributed by atoms with Gasteiger partial charge in [0.25, 0.3) is 5.69 Å². The van der Waals surface area contributed by atoms with Gasteiger partial charge in [-0.05, 0) is 24.0 Å². The summed E-state index contributed by atoms with van der Waals surface area (Å²) in [6.07, 6.45) is 2.19. The summed E-state index contributed by atoms with van der Waals surface area (Å²) in [5, 5.41) is 10.4. The van der Waals surface area contributed by atoms with Gasteiger partial charge >= 0.3 is 11.9 Å². The lowest BCUT2D eigenvalue weighted by Crippen LogP contribution is -2.33. The third-order valence-electron chi connectivity index (χ3n) is 4.40. The van der Waals surface area contributed by atoms with Gasteiger partial charge in [0.2, 0.25) is 0 Å². The van der Waals surface area contributed by atoms with E-state index in [9.17, 15) is 19.7 Å². The van der Waals surface area contributed by atoms with Crippen molar-refractivity contribution >= 4 is 17.6 Å². The number of esters is 2. The molecule has 0 fully saturated rings.